The van der Waals surface area contributed by atoms with Crippen molar-refractivity contribution in [2.45, 2.75) is 40.2 Å². The van der Waals surface area contributed by atoms with E-state index in [2.05, 4.69) is 16.0 Å². The molecule has 0 saturated carbocycles. The predicted octanol–water partition coefficient (Wildman–Crippen LogP) is 0.263. The lowest BCUT2D eigenvalue weighted by Crippen LogP contribution is -2.38. The Labute approximate surface area is 104 Å². The van der Waals surface area contributed by atoms with Gasteiger partial charge in [0.25, 0.3) is 0 Å². The highest BCUT2D eigenvalue weighted by molar-refractivity contribution is 5.78. The van der Waals surface area contributed by atoms with Gasteiger partial charge in [-0.2, -0.15) is 0 Å². The lowest BCUT2D eigenvalue weighted by Gasteiger charge is -2.10. The normalized spacial score (nSPS) is 10.7. The van der Waals surface area contributed by atoms with Crippen LogP contribution < -0.4 is 16.0 Å². The van der Waals surface area contributed by atoms with Crippen LogP contribution in [0.25, 0.3) is 0 Å². The molecule has 0 heterocycles. The predicted molar refractivity (Wildman–Crippen MR) is 68.6 cm³/mol. The Bertz CT molecular complexity index is 240. The first-order valence-electron chi connectivity index (χ1n) is 6.18. The second-order valence-corrected chi connectivity index (χ2v) is 4.85. The molecule has 2 amide bonds. The summed E-state index contributed by atoms with van der Waals surface area (Å²) in [7, 11) is 0. The van der Waals surface area contributed by atoms with Crippen LogP contribution in [0.3, 0.4) is 0 Å². The second-order valence-electron chi connectivity index (χ2n) is 4.85. The van der Waals surface area contributed by atoms with Crippen LogP contribution in [0.1, 0.15) is 34.1 Å². The van der Waals surface area contributed by atoms with Crippen molar-refractivity contribution in [2.24, 2.45) is 5.92 Å². The molecule has 0 rings (SSSR count). The summed E-state index contributed by atoms with van der Waals surface area (Å²) in [5.74, 6) is 0.439. The Kier molecular flexibility index (Phi) is 8.40. The van der Waals surface area contributed by atoms with Gasteiger partial charge in [0.15, 0.2) is 0 Å². The molecule has 17 heavy (non-hydrogen) atoms. The van der Waals surface area contributed by atoms with E-state index in [1.807, 2.05) is 27.7 Å². The fourth-order valence-electron chi connectivity index (χ4n) is 1.18. The number of hydrogen-bond donors (Lipinski definition) is 3. The molecule has 0 radical (unpaired) electrons. The molecule has 3 N–H and O–H groups in total. The monoisotopic (exact) mass is 243 g/mol. The van der Waals surface area contributed by atoms with Crippen molar-refractivity contribution in [3.05, 3.63) is 0 Å². The third-order valence-corrected chi connectivity index (χ3v) is 1.97. The summed E-state index contributed by atoms with van der Waals surface area (Å²) in [6.45, 7) is 9.41. The fraction of sp³-hybridized carbons (Fsp3) is 0.833. The van der Waals surface area contributed by atoms with E-state index in [9.17, 15) is 9.59 Å². The van der Waals surface area contributed by atoms with E-state index >= 15 is 0 Å². The largest absolute Gasteiger partial charge is 0.355 e. The van der Waals surface area contributed by atoms with E-state index < -0.39 is 0 Å². The highest BCUT2D eigenvalue weighted by Gasteiger charge is 2.04. The van der Waals surface area contributed by atoms with Crippen LogP contribution in [0.15, 0.2) is 0 Å². The second kappa shape index (κ2) is 8.98. The number of rotatable bonds is 8. The average Bonchev–Trinajstić information content (AvgIpc) is 2.20. The maximum Gasteiger partial charge on any atom is 0.233 e. The molecule has 5 nitrogen and oxygen atoms in total. The molecule has 0 aromatic carbocycles. The van der Waals surface area contributed by atoms with Crippen LogP contribution in [0.5, 0.6) is 0 Å². The summed E-state index contributed by atoms with van der Waals surface area (Å²) in [4.78, 5) is 22.6. The molecule has 0 aliphatic rings. The van der Waals surface area contributed by atoms with Gasteiger partial charge in [-0.1, -0.05) is 13.8 Å². The number of carbonyl (C=O) groups excluding carboxylic acids is 2. The number of nitrogens with one attached hydrogen (secondary N) is 3. The minimum atomic E-state index is -0.0250. The smallest absolute Gasteiger partial charge is 0.233 e. The van der Waals surface area contributed by atoms with Gasteiger partial charge in [-0.3, -0.25) is 9.59 Å². The Morgan fingerprint density at radius 1 is 1.06 bits per heavy atom. The lowest BCUT2D eigenvalue weighted by molar-refractivity contribution is -0.122. The zero-order valence-corrected chi connectivity index (χ0v) is 11.3. The van der Waals surface area contributed by atoms with Crippen molar-refractivity contribution >= 4 is 11.8 Å². The number of hydrogen-bond acceptors (Lipinski definition) is 3. The Balaban J connectivity index is 3.44. The molecule has 0 atom stereocenters. The first kappa shape index (κ1) is 15.9. The molecule has 0 bridgehead atoms. The number of amides is 2. The van der Waals surface area contributed by atoms with Crippen LogP contribution in [-0.4, -0.2) is 37.5 Å². The third kappa shape index (κ3) is 11.2. The van der Waals surface area contributed by atoms with Gasteiger partial charge in [0.2, 0.25) is 11.8 Å². The van der Waals surface area contributed by atoms with Gasteiger partial charge in [-0.25, -0.2) is 0 Å². The molecule has 0 fully saturated rings. The third-order valence-electron chi connectivity index (χ3n) is 1.97. The van der Waals surface area contributed by atoms with E-state index in [1.54, 1.807) is 0 Å². The number of carbonyl (C=O) groups is 2. The minimum Gasteiger partial charge on any atom is -0.355 e. The quantitative estimate of drug-likeness (QED) is 0.536. The van der Waals surface area contributed by atoms with Crippen molar-refractivity contribution in [1.29, 1.82) is 0 Å². The molecule has 0 aromatic heterocycles. The average molecular weight is 243 g/mol. The molecule has 0 aliphatic heterocycles. The summed E-state index contributed by atoms with van der Waals surface area (Å²) >= 11 is 0. The standard InChI is InChI=1S/C12H25N3O2/c1-9(2)7-14-12(17)8-13-6-5-11(16)15-10(3)4/h9-10,13H,5-8H2,1-4H3,(H,14,17)(H,15,16). The molecule has 0 aromatic rings. The van der Waals surface area contributed by atoms with Crippen LogP contribution in [0.4, 0.5) is 0 Å². The first-order valence-corrected chi connectivity index (χ1v) is 6.18. The van der Waals surface area contributed by atoms with Crippen molar-refractivity contribution in [1.82, 2.24) is 16.0 Å². The molecule has 0 spiro atoms. The Morgan fingerprint density at radius 2 is 1.71 bits per heavy atom. The van der Waals surface area contributed by atoms with Crippen molar-refractivity contribution in [2.75, 3.05) is 19.6 Å². The molecule has 5 heteroatoms. The van der Waals surface area contributed by atoms with Gasteiger partial charge >= 0.3 is 0 Å². The Hall–Kier alpha value is -1.10. The zero-order chi connectivity index (χ0) is 13.3. The van der Waals surface area contributed by atoms with E-state index in [-0.39, 0.29) is 24.4 Å². The summed E-state index contributed by atoms with van der Waals surface area (Å²) in [5.41, 5.74) is 0. The molecule has 0 aliphatic carbocycles. The maximum atomic E-state index is 11.3. The topological polar surface area (TPSA) is 70.2 Å². The highest BCUT2D eigenvalue weighted by atomic mass is 16.2. The van der Waals surface area contributed by atoms with E-state index in [0.29, 0.717) is 25.4 Å². The van der Waals surface area contributed by atoms with Gasteiger partial charge in [-0.05, 0) is 19.8 Å². The van der Waals surface area contributed by atoms with Crippen LogP contribution in [0.2, 0.25) is 0 Å². The molecule has 100 valence electrons. The van der Waals surface area contributed by atoms with Crippen LogP contribution >= 0.6 is 0 Å². The van der Waals surface area contributed by atoms with Crippen LogP contribution in [0, 0.1) is 5.92 Å². The van der Waals surface area contributed by atoms with Crippen molar-refractivity contribution in [3.8, 4) is 0 Å². The zero-order valence-electron chi connectivity index (χ0n) is 11.3. The Morgan fingerprint density at radius 3 is 2.24 bits per heavy atom. The summed E-state index contributed by atoms with van der Waals surface area (Å²) in [6, 6.07) is 0.164. The maximum absolute atomic E-state index is 11.3. The minimum absolute atomic E-state index is 0.00934. The van der Waals surface area contributed by atoms with Gasteiger partial charge in [-0.15, -0.1) is 0 Å². The van der Waals surface area contributed by atoms with E-state index in [1.165, 1.54) is 0 Å². The van der Waals surface area contributed by atoms with Crippen LogP contribution in [-0.2, 0) is 9.59 Å². The lowest BCUT2D eigenvalue weighted by atomic mass is 10.2. The summed E-state index contributed by atoms with van der Waals surface area (Å²) < 4.78 is 0. The SMILES string of the molecule is CC(C)CNC(=O)CNCCC(=O)NC(C)C. The molecule has 0 unspecified atom stereocenters. The van der Waals surface area contributed by atoms with E-state index in [0.717, 1.165) is 0 Å². The fourth-order valence-corrected chi connectivity index (χ4v) is 1.18. The van der Waals surface area contributed by atoms with E-state index in [4.69, 9.17) is 0 Å². The first-order chi connectivity index (χ1) is 7.91. The van der Waals surface area contributed by atoms with Gasteiger partial charge in [0, 0.05) is 25.6 Å². The summed E-state index contributed by atoms with van der Waals surface area (Å²) in [6.07, 6.45) is 0.398. The summed E-state index contributed by atoms with van der Waals surface area (Å²) in [5, 5.41) is 8.53. The molecular weight excluding hydrogens is 218 g/mol. The highest BCUT2D eigenvalue weighted by Crippen LogP contribution is 1.86. The van der Waals surface area contributed by atoms with Crippen molar-refractivity contribution in [3.63, 3.8) is 0 Å². The molecular formula is C12H25N3O2. The van der Waals surface area contributed by atoms with Gasteiger partial charge in [0.1, 0.15) is 0 Å². The molecule has 0 saturated heterocycles. The van der Waals surface area contributed by atoms with Crippen molar-refractivity contribution < 1.29 is 9.59 Å². The van der Waals surface area contributed by atoms with Gasteiger partial charge < -0.3 is 16.0 Å². The van der Waals surface area contributed by atoms with Gasteiger partial charge in [0.05, 0.1) is 6.54 Å².